The first kappa shape index (κ1) is 30.5. The quantitative estimate of drug-likeness (QED) is 0.364. The molecule has 0 heterocycles. The van der Waals surface area contributed by atoms with E-state index in [2.05, 4.69) is 0 Å². The Morgan fingerprint density at radius 3 is 1.00 bits per heavy atom. The van der Waals surface area contributed by atoms with Crippen LogP contribution in [0.1, 0.15) is 0 Å². The van der Waals surface area contributed by atoms with Gasteiger partial charge in [-0.15, -0.1) is 0 Å². The Bertz CT molecular complexity index is 8.00. The van der Waals surface area contributed by atoms with Crippen molar-refractivity contribution in [1.82, 2.24) is 0 Å². The molecule has 0 nitrogen and oxygen atoms in total. The molecule has 0 saturated carbocycles. The third-order valence-corrected chi connectivity index (χ3v) is 0. The summed E-state index contributed by atoms with van der Waals surface area (Å²) in [6.45, 7) is 0. The molecular formula is BCaFeMg. The zero-order chi connectivity index (χ0) is 0. The predicted octanol–water partition coefficient (Wildman–Crippen LogP) is -1.14. The van der Waals surface area contributed by atoms with Crippen molar-refractivity contribution in [3.63, 3.8) is 0 Å². The summed E-state index contributed by atoms with van der Waals surface area (Å²) in [5, 5.41) is 0. The van der Waals surface area contributed by atoms with Gasteiger partial charge in [-0.3, -0.25) is 0 Å². The predicted molar refractivity (Wildman–Crippen MR) is 17.3 cm³/mol. The molecule has 15 valence electrons. The van der Waals surface area contributed by atoms with E-state index in [1.165, 1.54) is 0 Å². The molecule has 0 rings (SSSR count). The van der Waals surface area contributed by atoms with E-state index in [-0.39, 0.29) is 86.3 Å². The number of rotatable bonds is 0. The monoisotopic (exact) mass is 131 g/mol. The van der Waals surface area contributed by atoms with E-state index >= 15 is 0 Å². The zero-order valence-corrected chi connectivity index (χ0v) is 7.07. The molecule has 0 aliphatic carbocycles. The standard InChI is InChI=1S/B.Ca.Fe.Mg. The maximum atomic E-state index is 0. The summed E-state index contributed by atoms with van der Waals surface area (Å²) in [7, 11) is 0. The molecule has 0 aromatic carbocycles. The SMILES string of the molecule is [B].[Ca].[Fe].[Mg]. The first-order valence-electron chi connectivity index (χ1n) is 0. The van der Waals surface area contributed by atoms with Crippen LogP contribution in [0.25, 0.3) is 0 Å². The Balaban J connectivity index is 0. The molecule has 0 aromatic heterocycles. The zero-order valence-electron chi connectivity index (χ0n) is 2.35. The van der Waals surface area contributed by atoms with Crippen LogP contribution in [0.15, 0.2) is 0 Å². The van der Waals surface area contributed by atoms with Crippen LogP contribution in [0.3, 0.4) is 0 Å². The van der Waals surface area contributed by atoms with Gasteiger partial charge in [0.2, 0.25) is 0 Å². The molecular weight excluding hydrogens is 131 g/mol. The summed E-state index contributed by atoms with van der Waals surface area (Å²) in [5.74, 6) is 0. The van der Waals surface area contributed by atoms with Gasteiger partial charge >= 0.3 is 0 Å². The van der Waals surface area contributed by atoms with Crippen molar-refractivity contribution >= 4 is 69.2 Å². The van der Waals surface area contributed by atoms with Crippen LogP contribution in [0.2, 0.25) is 0 Å². The van der Waals surface area contributed by atoms with Gasteiger partial charge in [-0.2, -0.15) is 0 Å². The minimum atomic E-state index is 0. The number of hydrogen-bond donors (Lipinski definition) is 0. The third-order valence-electron chi connectivity index (χ3n) is 0. The second-order valence-electron chi connectivity index (χ2n) is 0. The maximum absolute atomic E-state index is 0. The van der Waals surface area contributed by atoms with Crippen molar-refractivity contribution in [3.8, 4) is 0 Å². The summed E-state index contributed by atoms with van der Waals surface area (Å²) in [5.41, 5.74) is 0. The fraction of sp³-hybridized carbons (Fsp3) is 0. The van der Waals surface area contributed by atoms with Gasteiger partial charge in [-0.1, -0.05) is 0 Å². The maximum Gasteiger partial charge on any atom is 0 e. The molecule has 0 aromatic rings. The molecule has 0 aliphatic rings. The molecule has 0 saturated heterocycles. The summed E-state index contributed by atoms with van der Waals surface area (Å²) < 4.78 is 0. The fourth-order valence-corrected chi connectivity index (χ4v) is 0. The molecule has 0 amide bonds. The average Bonchev–Trinajstić information content (AvgIpc) is 0. The van der Waals surface area contributed by atoms with Gasteiger partial charge in [0.1, 0.15) is 0 Å². The van der Waals surface area contributed by atoms with E-state index in [0.717, 1.165) is 0 Å². The van der Waals surface area contributed by atoms with Crippen LogP contribution in [0.5, 0.6) is 0 Å². The molecule has 0 N–H and O–H groups in total. The Kier molecular flexibility index (Phi) is 134. The van der Waals surface area contributed by atoms with Crippen LogP contribution in [0.4, 0.5) is 0 Å². The van der Waals surface area contributed by atoms with Crippen molar-refractivity contribution in [2.75, 3.05) is 0 Å². The normalized spacial score (nSPS) is 0. The van der Waals surface area contributed by atoms with E-state index in [1.807, 2.05) is 0 Å². The summed E-state index contributed by atoms with van der Waals surface area (Å²) >= 11 is 0. The van der Waals surface area contributed by atoms with E-state index in [1.54, 1.807) is 0 Å². The Morgan fingerprint density at radius 2 is 1.00 bits per heavy atom. The Morgan fingerprint density at radius 1 is 1.00 bits per heavy atom. The van der Waals surface area contributed by atoms with E-state index in [0.29, 0.717) is 0 Å². The fourth-order valence-electron chi connectivity index (χ4n) is 0. The first-order chi connectivity index (χ1) is 0. The minimum absolute atomic E-state index is 0. The largest absolute Gasteiger partial charge is 0 e. The van der Waals surface area contributed by atoms with Gasteiger partial charge < -0.3 is 0 Å². The second-order valence-corrected chi connectivity index (χ2v) is 0. The number of hydrogen-bond acceptors (Lipinski definition) is 0. The van der Waals surface area contributed by atoms with Gasteiger partial charge in [0.15, 0.2) is 0 Å². The van der Waals surface area contributed by atoms with Gasteiger partial charge in [-0.25, -0.2) is 0 Å². The molecule has 4 heteroatoms. The Labute approximate surface area is 84.7 Å². The molecule has 0 unspecified atom stereocenters. The van der Waals surface area contributed by atoms with Gasteiger partial charge in [0.05, 0.1) is 0 Å². The molecule has 0 spiro atoms. The third kappa shape index (κ3) is 8.82. The van der Waals surface area contributed by atoms with E-state index in [4.69, 9.17) is 0 Å². The summed E-state index contributed by atoms with van der Waals surface area (Å²) in [6, 6.07) is 0. The molecule has 4 heavy (non-hydrogen) atoms. The van der Waals surface area contributed by atoms with E-state index in [9.17, 15) is 0 Å². The van der Waals surface area contributed by atoms with Crippen LogP contribution in [-0.2, 0) is 17.1 Å². The minimum Gasteiger partial charge on any atom is 0 e. The van der Waals surface area contributed by atoms with Crippen molar-refractivity contribution in [1.29, 1.82) is 0 Å². The first-order valence-corrected chi connectivity index (χ1v) is 0. The molecule has 0 bridgehead atoms. The van der Waals surface area contributed by atoms with Gasteiger partial charge in [0, 0.05) is 86.3 Å². The van der Waals surface area contributed by atoms with Crippen molar-refractivity contribution < 1.29 is 17.1 Å². The summed E-state index contributed by atoms with van der Waals surface area (Å²) in [4.78, 5) is 0. The molecule has 0 atom stereocenters. The van der Waals surface area contributed by atoms with Crippen molar-refractivity contribution in [2.45, 2.75) is 0 Å². The van der Waals surface area contributed by atoms with Gasteiger partial charge in [0.25, 0.3) is 0 Å². The molecule has 7 radical (unpaired) electrons. The Hall–Kier alpha value is 2.61. The van der Waals surface area contributed by atoms with Crippen LogP contribution in [-0.4, -0.2) is 69.2 Å². The van der Waals surface area contributed by atoms with Crippen molar-refractivity contribution in [2.24, 2.45) is 0 Å². The second kappa shape index (κ2) is 17.5. The van der Waals surface area contributed by atoms with Gasteiger partial charge in [-0.05, 0) is 0 Å². The molecule has 0 aliphatic heterocycles. The van der Waals surface area contributed by atoms with Crippen molar-refractivity contribution in [3.05, 3.63) is 0 Å². The smallest absolute Gasteiger partial charge is 0 e. The average molecular weight is 131 g/mol. The topological polar surface area (TPSA) is 0 Å². The van der Waals surface area contributed by atoms with Crippen LogP contribution < -0.4 is 0 Å². The molecule has 0 fully saturated rings. The van der Waals surface area contributed by atoms with Crippen LogP contribution >= 0.6 is 0 Å². The summed E-state index contributed by atoms with van der Waals surface area (Å²) in [6.07, 6.45) is 0. The van der Waals surface area contributed by atoms with Crippen LogP contribution in [0, 0.1) is 0 Å². The van der Waals surface area contributed by atoms with E-state index < -0.39 is 0 Å².